The summed E-state index contributed by atoms with van der Waals surface area (Å²) in [4.78, 5) is 2.41. The SMILES string of the molecule is CCN(CC)S(=O)(=O)N1CCO[C@@H](CN2CCCCC2)[C@@H]1c1cnn(C)c1. The third kappa shape index (κ3) is 4.54. The van der Waals surface area contributed by atoms with Crippen LogP contribution in [0.1, 0.15) is 44.7 Å². The molecule has 9 heteroatoms. The van der Waals surface area contributed by atoms with Crippen LogP contribution in [0.3, 0.4) is 0 Å². The Morgan fingerprint density at radius 3 is 2.48 bits per heavy atom. The lowest BCUT2D eigenvalue weighted by Gasteiger charge is -2.43. The molecule has 0 bridgehead atoms. The number of likely N-dealkylation sites (tertiary alicyclic amines) is 1. The first-order valence-electron chi connectivity index (χ1n) is 10.1. The zero-order chi connectivity index (χ0) is 19.4. The number of rotatable bonds is 7. The van der Waals surface area contributed by atoms with Gasteiger partial charge in [-0.1, -0.05) is 20.3 Å². The molecule has 2 atom stereocenters. The molecular formula is C18H33N5O3S. The van der Waals surface area contributed by atoms with Gasteiger partial charge in [0, 0.05) is 45.0 Å². The lowest BCUT2D eigenvalue weighted by molar-refractivity contribution is -0.0600. The van der Waals surface area contributed by atoms with Crippen LogP contribution < -0.4 is 0 Å². The van der Waals surface area contributed by atoms with Crippen LogP contribution in [0.2, 0.25) is 0 Å². The quantitative estimate of drug-likeness (QED) is 0.690. The molecule has 2 saturated heterocycles. The molecular weight excluding hydrogens is 366 g/mol. The maximum Gasteiger partial charge on any atom is 0.282 e. The van der Waals surface area contributed by atoms with E-state index in [0.717, 1.165) is 25.2 Å². The van der Waals surface area contributed by atoms with Crippen LogP contribution in [0.25, 0.3) is 0 Å². The summed E-state index contributed by atoms with van der Waals surface area (Å²) in [6.07, 6.45) is 7.17. The van der Waals surface area contributed by atoms with E-state index >= 15 is 0 Å². The second-order valence-corrected chi connectivity index (χ2v) is 9.25. The van der Waals surface area contributed by atoms with E-state index in [2.05, 4.69) is 10.00 Å². The van der Waals surface area contributed by atoms with E-state index in [1.807, 2.05) is 27.1 Å². The van der Waals surface area contributed by atoms with Gasteiger partial charge in [0.2, 0.25) is 0 Å². The number of nitrogens with zero attached hydrogens (tertiary/aromatic N) is 5. The molecule has 3 rings (SSSR count). The Hall–Kier alpha value is -1.00. The molecule has 0 spiro atoms. The minimum atomic E-state index is -3.55. The monoisotopic (exact) mass is 399 g/mol. The Morgan fingerprint density at radius 1 is 1.19 bits per heavy atom. The molecule has 2 aliphatic rings. The van der Waals surface area contributed by atoms with Crippen LogP contribution in [0.15, 0.2) is 12.4 Å². The summed E-state index contributed by atoms with van der Waals surface area (Å²) in [7, 11) is -1.70. The van der Waals surface area contributed by atoms with E-state index in [4.69, 9.17) is 4.74 Å². The molecule has 2 aliphatic heterocycles. The second-order valence-electron chi connectivity index (χ2n) is 7.37. The van der Waals surface area contributed by atoms with Crippen molar-refractivity contribution in [2.24, 2.45) is 7.05 Å². The van der Waals surface area contributed by atoms with Crippen molar-refractivity contribution >= 4 is 10.2 Å². The summed E-state index contributed by atoms with van der Waals surface area (Å²) in [6, 6.07) is -0.347. The first kappa shape index (κ1) is 20.7. The van der Waals surface area contributed by atoms with Crippen LogP contribution >= 0.6 is 0 Å². The molecule has 0 N–H and O–H groups in total. The van der Waals surface area contributed by atoms with Crippen molar-refractivity contribution in [2.75, 3.05) is 45.9 Å². The van der Waals surface area contributed by atoms with Crippen molar-refractivity contribution in [3.05, 3.63) is 18.0 Å². The predicted molar refractivity (Wildman–Crippen MR) is 105 cm³/mol. The molecule has 0 unspecified atom stereocenters. The Balaban J connectivity index is 1.91. The molecule has 8 nitrogen and oxygen atoms in total. The second kappa shape index (κ2) is 9.00. The average Bonchev–Trinajstić information content (AvgIpc) is 3.09. The van der Waals surface area contributed by atoms with E-state index < -0.39 is 10.2 Å². The number of morpholine rings is 1. The van der Waals surface area contributed by atoms with E-state index in [1.165, 1.54) is 23.6 Å². The van der Waals surface area contributed by atoms with Crippen LogP contribution in [-0.4, -0.2) is 83.7 Å². The van der Waals surface area contributed by atoms with Gasteiger partial charge in [-0.15, -0.1) is 0 Å². The van der Waals surface area contributed by atoms with Gasteiger partial charge in [0.25, 0.3) is 10.2 Å². The van der Waals surface area contributed by atoms with Crippen molar-refractivity contribution < 1.29 is 13.2 Å². The number of hydrogen-bond acceptors (Lipinski definition) is 5. The molecule has 1 aromatic heterocycles. The van der Waals surface area contributed by atoms with Gasteiger partial charge in [0.05, 0.1) is 24.9 Å². The Morgan fingerprint density at radius 2 is 1.89 bits per heavy atom. The smallest absolute Gasteiger partial charge is 0.282 e. The topological polar surface area (TPSA) is 70.9 Å². The summed E-state index contributed by atoms with van der Waals surface area (Å²) in [5.74, 6) is 0. The van der Waals surface area contributed by atoms with Gasteiger partial charge in [0.15, 0.2) is 0 Å². The Labute approximate surface area is 163 Å². The fraction of sp³-hybridized carbons (Fsp3) is 0.833. The van der Waals surface area contributed by atoms with Crippen molar-refractivity contribution in [2.45, 2.75) is 45.3 Å². The number of aromatic nitrogens is 2. The summed E-state index contributed by atoms with van der Waals surface area (Å²) < 4.78 is 37.7. The highest BCUT2D eigenvalue weighted by Gasteiger charge is 2.43. The van der Waals surface area contributed by atoms with E-state index in [-0.39, 0.29) is 12.1 Å². The van der Waals surface area contributed by atoms with Gasteiger partial charge in [0.1, 0.15) is 0 Å². The molecule has 1 aromatic rings. The van der Waals surface area contributed by atoms with Crippen molar-refractivity contribution in [3.63, 3.8) is 0 Å². The van der Waals surface area contributed by atoms with Gasteiger partial charge in [-0.25, -0.2) is 0 Å². The number of ether oxygens (including phenoxy) is 1. The highest BCUT2D eigenvalue weighted by molar-refractivity contribution is 7.86. The molecule has 2 fully saturated rings. The third-order valence-corrected chi connectivity index (χ3v) is 7.76. The summed E-state index contributed by atoms with van der Waals surface area (Å²) >= 11 is 0. The van der Waals surface area contributed by atoms with E-state index in [1.54, 1.807) is 15.2 Å². The number of piperidine rings is 1. The zero-order valence-electron chi connectivity index (χ0n) is 16.7. The summed E-state index contributed by atoms with van der Waals surface area (Å²) in [5.41, 5.74) is 0.898. The maximum absolute atomic E-state index is 13.3. The lowest BCUT2D eigenvalue weighted by Crippen LogP contribution is -2.55. The zero-order valence-corrected chi connectivity index (χ0v) is 17.6. The van der Waals surface area contributed by atoms with Crippen LogP contribution in [0.5, 0.6) is 0 Å². The van der Waals surface area contributed by atoms with Crippen molar-refractivity contribution in [1.29, 1.82) is 0 Å². The minimum Gasteiger partial charge on any atom is -0.373 e. The number of aryl methyl sites for hydroxylation is 1. The van der Waals surface area contributed by atoms with Crippen molar-refractivity contribution in [3.8, 4) is 0 Å². The summed E-state index contributed by atoms with van der Waals surface area (Å²) in [5, 5.41) is 4.29. The van der Waals surface area contributed by atoms with Crippen LogP contribution in [0.4, 0.5) is 0 Å². The van der Waals surface area contributed by atoms with Gasteiger partial charge >= 0.3 is 0 Å². The van der Waals surface area contributed by atoms with Gasteiger partial charge in [-0.2, -0.15) is 22.1 Å². The number of hydrogen-bond donors (Lipinski definition) is 0. The molecule has 0 aliphatic carbocycles. The standard InChI is InChI=1S/C18H33N5O3S/c1-4-22(5-2)27(24,25)23-11-12-26-17(15-21-9-7-6-8-10-21)18(23)16-13-19-20(3)14-16/h13-14,17-18H,4-12,15H2,1-3H3/t17-,18-/m0/s1. The normalized spacial score (nSPS) is 25.9. The van der Waals surface area contributed by atoms with Crippen molar-refractivity contribution in [1.82, 2.24) is 23.3 Å². The third-order valence-electron chi connectivity index (χ3n) is 5.59. The highest BCUT2D eigenvalue weighted by atomic mass is 32.2. The van der Waals surface area contributed by atoms with Crippen LogP contribution in [0, 0.1) is 0 Å². The van der Waals surface area contributed by atoms with E-state index in [0.29, 0.717) is 26.2 Å². The summed E-state index contributed by atoms with van der Waals surface area (Å²) in [6.45, 7) is 8.36. The fourth-order valence-corrected chi connectivity index (χ4v) is 5.99. The maximum atomic E-state index is 13.3. The van der Waals surface area contributed by atoms with Gasteiger partial charge < -0.3 is 9.64 Å². The van der Waals surface area contributed by atoms with E-state index in [9.17, 15) is 8.42 Å². The van der Waals surface area contributed by atoms with Gasteiger partial charge in [-0.05, 0) is 25.9 Å². The minimum absolute atomic E-state index is 0.189. The van der Waals surface area contributed by atoms with Crippen LogP contribution in [-0.2, 0) is 22.0 Å². The largest absolute Gasteiger partial charge is 0.373 e. The first-order valence-corrected chi connectivity index (χ1v) is 11.5. The molecule has 0 saturated carbocycles. The molecule has 0 radical (unpaired) electrons. The average molecular weight is 400 g/mol. The Bertz CT molecular complexity index is 698. The molecule has 0 amide bonds. The molecule has 27 heavy (non-hydrogen) atoms. The molecule has 0 aromatic carbocycles. The first-order chi connectivity index (χ1) is 13.0. The van der Waals surface area contributed by atoms with Gasteiger partial charge in [-0.3, -0.25) is 4.68 Å². The fourth-order valence-electron chi connectivity index (χ4n) is 4.19. The Kier molecular flexibility index (Phi) is 6.91. The predicted octanol–water partition coefficient (Wildman–Crippen LogP) is 1.23. The lowest BCUT2D eigenvalue weighted by atomic mass is 10.0. The molecule has 154 valence electrons. The highest BCUT2D eigenvalue weighted by Crippen LogP contribution is 2.33. The molecule has 3 heterocycles.